The van der Waals surface area contributed by atoms with E-state index in [1.165, 1.54) is 42.5 Å². The summed E-state index contributed by atoms with van der Waals surface area (Å²) in [6.45, 7) is 10.1. The highest BCUT2D eigenvalue weighted by atomic mass is 19.4. The fraction of sp³-hybridized carbons (Fsp3) is 0.364. The van der Waals surface area contributed by atoms with Crippen molar-refractivity contribution in [2.24, 2.45) is 0 Å². The molecule has 0 spiro atoms. The van der Waals surface area contributed by atoms with Gasteiger partial charge in [0, 0.05) is 46.0 Å². The fourth-order valence-electron chi connectivity index (χ4n) is 7.55. The van der Waals surface area contributed by atoms with E-state index in [1.54, 1.807) is 58.0 Å². The van der Waals surface area contributed by atoms with Crippen LogP contribution in [-0.2, 0) is 23.7 Å². The number of nitrogens with one attached hydrogen (secondary N) is 2. The van der Waals surface area contributed by atoms with Crippen molar-refractivity contribution in [1.29, 1.82) is 0 Å². The Morgan fingerprint density at radius 1 is 0.500 bits per heavy atom. The number of fused-ring (bicyclic) bond motifs is 2. The minimum absolute atomic E-state index is 0.305. The van der Waals surface area contributed by atoms with E-state index in [2.05, 4.69) is 9.97 Å². The molecule has 0 aliphatic rings. The molecule has 0 saturated heterocycles. The zero-order chi connectivity index (χ0) is 41.5. The quantitative estimate of drug-likeness (QED) is 0.104. The smallest absolute Gasteiger partial charge is 0.380 e. The summed E-state index contributed by atoms with van der Waals surface area (Å²) in [4.78, 5) is 5.97. The molecule has 56 heavy (non-hydrogen) atoms. The van der Waals surface area contributed by atoms with E-state index in [-0.39, 0.29) is 0 Å². The van der Waals surface area contributed by atoms with Crippen LogP contribution in [0.2, 0.25) is 0 Å². The number of aromatic amines is 2. The Bertz CT molecular complexity index is 2280. The molecule has 2 heterocycles. The largest absolute Gasteiger partial charge is 0.417 e. The minimum atomic E-state index is -4.84. The molecule has 2 unspecified atom stereocenters. The van der Waals surface area contributed by atoms with Gasteiger partial charge in [0.2, 0.25) is 0 Å². The lowest BCUT2D eigenvalue weighted by Crippen LogP contribution is -2.50. The maximum atomic E-state index is 13.9. The van der Waals surface area contributed by atoms with Gasteiger partial charge in [-0.25, -0.2) is 8.78 Å². The maximum absolute atomic E-state index is 13.9. The monoisotopic (exact) mass is 786 g/mol. The molecule has 0 fully saturated rings. The van der Waals surface area contributed by atoms with Crippen LogP contribution in [-0.4, -0.2) is 43.7 Å². The number of aliphatic hydroxyl groups is 2. The number of H-pyrrole nitrogens is 2. The molecule has 4 nitrogen and oxygen atoms in total. The summed E-state index contributed by atoms with van der Waals surface area (Å²) < 4.78 is 110. The van der Waals surface area contributed by atoms with Crippen molar-refractivity contribution >= 4 is 21.8 Å². The molecule has 0 aliphatic carbocycles. The lowest BCUT2D eigenvalue weighted by atomic mass is 9.73. The number of rotatable bonds is 10. The van der Waals surface area contributed by atoms with Crippen molar-refractivity contribution < 1.29 is 45.3 Å². The average Bonchev–Trinajstić information content (AvgIpc) is 3.68. The lowest BCUT2D eigenvalue weighted by Gasteiger charge is -2.38. The highest BCUT2D eigenvalue weighted by Gasteiger charge is 2.57. The highest BCUT2D eigenvalue weighted by Crippen LogP contribution is 2.45. The predicted molar refractivity (Wildman–Crippen MR) is 204 cm³/mol. The Labute approximate surface area is 320 Å². The van der Waals surface area contributed by atoms with Gasteiger partial charge in [0.25, 0.3) is 0 Å². The van der Waals surface area contributed by atoms with E-state index >= 15 is 0 Å². The third kappa shape index (κ3) is 9.29. The molecule has 4 N–H and O–H groups in total. The Hall–Kier alpha value is -4.68. The first-order chi connectivity index (χ1) is 25.8. The topological polar surface area (TPSA) is 72.0 Å². The molecule has 6 rings (SSSR count). The van der Waals surface area contributed by atoms with Gasteiger partial charge in [0.05, 0.1) is 0 Å². The summed E-state index contributed by atoms with van der Waals surface area (Å²) in [6, 6.07) is 25.1. The van der Waals surface area contributed by atoms with Gasteiger partial charge in [0.1, 0.15) is 11.6 Å². The summed E-state index contributed by atoms with van der Waals surface area (Å²) in [7, 11) is 0. The molecule has 0 saturated carbocycles. The van der Waals surface area contributed by atoms with E-state index in [9.17, 15) is 45.3 Å². The molecule has 2 aromatic heterocycles. The Morgan fingerprint density at radius 2 is 0.911 bits per heavy atom. The molecule has 12 heteroatoms. The molecule has 0 amide bonds. The van der Waals surface area contributed by atoms with Crippen molar-refractivity contribution in [2.75, 3.05) is 0 Å². The van der Waals surface area contributed by atoms with Crippen molar-refractivity contribution in [3.8, 4) is 0 Å². The molecule has 300 valence electrons. The van der Waals surface area contributed by atoms with Crippen LogP contribution in [0, 0.1) is 25.5 Å². The normalized spacial score (nSPS) is 15.0. The minimum Gasteiger partial charge on any atom is -0.380 e. The molecule has 2 atom stereocenters. The summed E-state index contributed by atoms with van der Waals surface area (Å²) in [5.41, 5.74) is -3.09. The van der Waals surface area contributed by atoms with Gasteiger partial charge in [-0.15, -0.1) is 0 Å². The average molecular weight is 787 g/mol. The van der Waals surface area contributed by atoms with E-state index in [4.69, 9.17) is 0 Å². The number of alkyl halides is 6. The Morgan fingerprint density at radius 3 is 1.30 bits per heavy atom. The molecule has 4 aromatic carbocycles. The van der Waals surface area contributed by atoms with Gasteiger partial charge < -0.3 is 20.2 Å². The first kappa shape index (κ1) is 42.5. The SMILES string of the molecule is Cc1cccc2[nH]c(CC(O)(CC(C)(C)c3ccc(F)cc3)C(F)(F)F)cc12.Cc1cccc2[nH]c(CC(O)(CC(C)(C)c3cccc(F)c3)C(F)(F)F)cc12. The van der Waals surface area contributed by atoms with Gasteiger partial charge >= 0.3 is 12.4 Å². The Balaban J connectivity index is 0.000000214. The van der Waals surface area contributed by atoms with Crippen LogP contribution < -0.4 is 0 Å². The van der Waals surface area contributed by atoms with Crippen molar-refractivity contribution in [2.45, 2.75) is 102 Å². The lowest BCUT2D eigenvalue weighted by molar-refractivity contribution is -0.266. The van der Waals surface area contributed by atoms with Crippen LogP contribution in [0.15, 0.2) is 97.1 Å². The molecular weight excluding hydrogens is 740 g/mol. The van der Waals surface area contributed by atoms with Crippen LogP contribution in [0.5, 0.6) is 0 Å². The Kier molecular flexibility index (Phi) is 11.6. The van der Waals surface area contributed by atoms with Gasteiger partial charge in [-0.05, 0) is 108 Å². The second kappa shape index (κ2) is 15.3. The number of aromatic nitrogens is 2. The zero-order valence-electron chi connectivity index (χ0n) is 32.0. The molecule has 0 radical (unpaired) electrons. The second-order valence-corrected chi connectivity index (χ2v) is 16.2. The summed E-state index contributed by atoms with van der Waals surface area (Å²) in [6.07, 6.45) is -12.0. The predicted octanol–water partition coefficient (Wildman–Crippen LogP) is 11.6. The first-order valence-corrected chi connectivity index (χ1v) is 18.1. The second-order valence-electron chi connectivity index (χ2n) is 16.2. The first-order valence-electron chi connectivity index (χ1n) is 18.1. The van der Waals surface area contributed by atoms with E-state index in [0.717, 1.165) is 32.9 Å². The van der Waals surface area contributed by atoms with Gasteiger partial charge in [-0.3, -0.25) is 0 Å². The highest BCUT2D eigenvalue weighted by molar-refractivity contribution is 5.84. The van der Waals surface area contributed by atoms with Gasteiger partial charge in [-0.1, -0.05) is 76.2 Å². The van der Waals surface area contributed by atoms with Crippen LogP contribution in [0.25, 0.3) is 21.8 Å². The standard InChI is InChI=1S/2C22H23F4NO/c1-14-6-4-9-19-18(14)11-17(27-19)12-21(28,22(24,25)26)13-20(2,3)15-7-5-8-16(23)10-15;1-14-5-4-6-19-18(14)11-17(27-19)12-21(28,22(24,25)26)13-20(2,3)15-7-9-16(23)10-8-15/h2*4-11,27-28H,12-13H2,1-3H3. The summed E-state index contributed by atoms with van der Waals surface area (Å²) >= 11 is 0. The van der Waals surface area contributed by atoms with Crippen LogP contribution >= 0.6 is 0 Å². The number of halogens is 8. The fourth-order valence-corrected chi connectivity index (χ4v) is 7.55. The third-order valence-corrected chi connectivity index (χ3v) is 10.6. The summed E-state index contributed by atoms with van der Waals surface area (Å²) in [5.74, 6) is -0.980. The third-order valence-electron chi connectivity index (χ3n) is 10.6. The number of hydrogen-bond acceptors (Lipinski definition) is 2. The zero-order valence-corrected chi connectivity index (χ0v) is 32.0. The van der Waals surface area contributed by atoms with Crippen LogP contribution in [0.3, 0.4) is 0 Å². The van der Waals surface area contributed by atoms with Crippen molar-refractivity contribution in [1.82, 2.24) is 9.97 Å². The summed E-state index contributed by atoms with van der Waals surface area (Å²) in [5, 5.41) is 23.1. The number of hydrogen-bond donors (Lipinski definition) is 4. The van der Waals surface area contributed by atoms with Gasteiger partial charge in [-0.2, -0.15) is 26.3 Å². The van der Waals surface area contributed by atoms with Gasteiger partial charge in [0.15, 0.2) is 11.2 Å². The maximum Gasteiger partial charge on any atom is 0.417 e. The van der Waals surface area contributed by atoms with E-state index in [1.807, 2.05) is 38.1 Å². The number of aryl methyl sites for hydroxylation is 2. The number of benzene rings is 4. The molecule has 6 aromatic rings. The molecule has 0 aliphatic heterocycles. The van der Waals surface area contributed by atoms with Crippen LogP contribution in [0.4, 0.5) is 35.1 Å². The van der Waals surface area contributed by atoms with Crippen molar-refractivity contribution in [3.63, 3.8) is 0 Å². The van der Waals surface area contributed by atoms with E-state index < -0.39 is 71.7 Å². The molecule has 0 bridgehead atoms. The van der Waals surface area contributed by atoms with Crippen LogP contribution in [0.1, 0.15) is 74.2 Å². The molecular formula is C44H46F8N2O2. The van der Waals surface area contributed by atoms with Crippen molar-refractivity contribution in [3.05, 3.63) is 142 Å². The van der Waals surface area contributed by atoms with E-state index in [0.29, 0.717) is 22.5 Å².